The summed E-state index contributed by atoms with van der Waals surface area (Å²) >= 11 is 3.43. The number of fused-ring (bicyclic) bond motifs is 1. The van der Waals surface area contributed by atoms with Crippen molar-refractivity contribution in [2.24, 2.45) is 0 Å². The van der Waals surface area contributed by atoms with Crippen LogP contribution in [-0.2, 0) is 0 Å². The van der Waals surface area contributed by atoms with Crippen molar-refractivity contribution in [1.29, 1.82) is 0 Å². The molecule has 0 saturated heterocycles. The number of thioether (sulfide) groups is 1. The van der Waals surface area contributed by atoms with Crippen molar-refractivity contribution in [2.75, 3.05) is 12.4 Å². The average Bonchev–Trinajstić information content (AvgIpc) is 2.71. The maximum atomic E-state index is 8.86. The van der Waals surface area contributed by atoms with Gasteiger partial charge in [0.2, 0.25) is 0 Å². The Balaban J connectivity index is 2.05. The van der Waals surface area contributed by atoms with E-state index in [1.165, 1.54) is 4.70 Å². The van der Waals surface area contributed by atoms with Crippen LogP contribution in [0.4, 0.5) is 0 Å². The monoisotopic (exact) mass is 251 g/mol. The Hall–Kier alpha value is -0.840. The number of benzene rings is 1. The molecule has 1 aromatic carbocycles. The molecular weight excluding hydrogens is 238 g/mol. The van der Waals surface area contributed by atoms with Crippen molar-refractivity contribution in [3.63, 3.8) is 0 Å². The molecule has 4 heteroatoms. The molecular formula is C12H13NOS2. The summed E-state index contributed by atoms with van der Waals surface area (Å²) < 4.78 is 2.32. The Labute approximate surface area is 103 Å². The second-order valence-electron chi connectivity index (χ2n) is 3.47. The van der Waals surface area contributed by atoms with Crippen molar-refractivity contribution in [3.05, 3.63) is 35.9 Å². The van der Waals surface area contributed by atoms with E-state index >= 15 is 0 Å². The van der Waals surface area contributed by atoms with Crippen LogP contribution in [0.1, 0.15) is 6.92 Å². The van der Waals surface area contributed by atoms with E-state index in [0.29, 0.717) is 0 Å². The highest BCUT2D eigenvalue weighted by atomic mass is 32.2. The molecule has 0 amide bonds. The lowest BCUT2D eigenvalue weighted by molar-refractivity contribution is 0.331. The highest BCUT2D eigenvalue weighted by molar-refractivity contribution is 8.01. The smallest absolute Gasteiger partial charge is 0.151 e. The molecule has 0 fully saturated rings. The number of aromatic nitrogens is 1. The first-order valence-electron chi connectivity index (χ1n) is 5.04. The molecule has 0 aliphatic heterocycles. The van der Waals surface area contributed by atoms with Crippen molar-refractivity contribution in [1.82, 2.24) is 4.98 Å². The molecule has 16 heavy (non-hydrogen) atoms. The van der Waals surface area contributed by atoms with Crippen LogP contribution in [0, 0.1) is 0 Å². The minimum Gasteiger partial charge on any atom is -0.392 e. The Morgan fingerprint density at radius 2 is 2.31 bits per heavy atom. The third-order valence-electron chi connectivity index (χ3n) is 2.16. The standard InChI is InChI=1S/C12H13NOS2/c1-9(8-14)6-7-15-12-13-10-4-2-3-5-11(10)16-12/h2-6,14H,7-8H2,1H3. The minimum absolute atomic E-state index is 0.139. The first-order valence-corrected chi connectivity index (χ1v) is 6.84. The number of para-hydroxylation sites is 1. The molecule has 0 spiro atoms. The van der Waals surface area contributed by atoms with Crippen molar-refractivity contribution in [3.8, 4) is 0 Å². The number of aliphatic hydroxyl groups is 1. The van der Waals surface area contributed by atoms with E-state index < -0.39 is 0 Å². The van der Waals surface area contributed by atoms with Crippen molar-refractivity contribution >= 4 is 33.3 Å². The largest absolute Gasteiger partial charge is 0.392 e. The third kappa shape index (κ3) is 2.84. The summed E-state index contributed by atoms with van der Waals surface area (Å²) in [6.07, 6.45) is 2.04. The topological polar surface area (TPSA) is 33.1 Å². The van der Waals surface area contributed by atoms with Crippen molar-refractivity contribution < 1.29 is 5.11 Å². The lowest BCUT2D eigenvalue weighted by Gasteiger charge is -1.93. The van der Waals surface area contributed by atoms with Gasteiger partial charge < -0.3 is 5.11 Å². The van der Waals surface area contributed by atoms with Crippen LogP contribution in [-0.4, -0.2) is 22.5 Å². The normalized spacial score (nSPS) is 12.2. The molecule has 84 valence electrons. The van der Waals surface area contributed by atoms with Crippen LogP contribution < -0.4 is 0 Å². The summed E-state index contributed by atoms with van der Waals surface area (Å²) in [4.78, 5) is 4.53. The van der Waals surface area contributed by atoms with E-state index in [4.69, 9.17) is 5.11 Å². The molecule has 0 atom stereocenters. The van der Waals surface area contributed by atoms with E-state index in [1.807, 2.05) is 31.2 Å². The lowest BCUT2D eigenvalue weighted by atomic mass is 10.3. The number of nitrogens with zero attached hydrogens (tertiary/aromatic N) is 1. The predicted octanol–water partition coefficient (Wildman–Crippen LogP) is 3.33. The first kappa shape index (κ1) is 11.6. The number of hydrogen-bond acceptors (Lipinski definition) is 4. The molecule has 2 nitrogen and oxygen atoms in total. The molecule has 0 unspecified atom stereocenters. The molecule has 0 aliphatic rings. The van der Waals surface area contributed by atoms with Gasteiger partial charge in [0, 0.05) is 5.75 Å². The summed E-state index contributed by atoms with van der Waals surface area (Å²) in [5.41, 5.74) is 2.08. The minimum atomic E-state index is 0.139. The predicted molar refractivity (Wildman–Crippen MR) is 71.2 cm³/mol. The van der Waals surface area contributed by atoms with E-state index in [-0.39, 0.29) is 6.61 Å². The van der Waals surface area contributed by atoms with Gasteiger partial charge in [-0.05, 0) is 19.1 Å². The quantitative estimate of drug-likeness (QED) is 0.668. The fraction of sp³-hybridized carbons (Fsp3) is 0.250. The van der Waals surface area contributed by atoms with E-state index in [9.17, 15) is 0 Å². The highest BCUT2D eigenvalue weighted by Crippen LogP contribution is 2.29. The van der Waals surface area contributed by atoms with Gasteiger partial charge in [-0.3, -0.25) is 0 Å². The van der Waals surface area contributed by atoms with Crippen LogP contribution in [0.15, 0.2) is 40.3 Å². The van der Waals surface area contributed by atoms with Crippen LogP contribution in [0.3, 0.4) is 0 Å². The molecule has 0 bridgehead atoms. The summed E-state index contributed by atoms with van der Waals surface area (Å²) in [6.45, 7) is 2.07. The average molecular weight is 251 g/mol. The fourth-order valence-corrected chi connectivity index (χ4v) is 3.31. The van der Waals surface area contributed by atoms with Gasteiger partial charge in [-0.1, -0.05) is 35.5 Å². The van der Waals surface area contributed by atoms with Gasteiger partial charge >= 0.3 is 0 Å². The van der Waals surface area contributed by atoms with Gasteiger partial charge in [-0.2, -0.15) is 0 Å². The Morgan fingerprint density at radius 1 is 1.50 bits per heavy atom. The van der Waals surface area contributed by atoms with E-state index in [2.05, 4.69) is 11.1 Å². The second-order valence-corrected chi connectivity index (χ2v) is 5.76. The van der Waals surface area contributed by atoms with E-state index in [0.717, 1.165) is 21.2 Å². The summed E-state index contributed by atoms with van der Waals surface area (Å²) in [7, 11) is 0. The molecule has 1 aromatic heterocycles. The fourth-order valence-electron chi connectivity index (χ4n) is 1.23. The zero-order valence-electron chi connectivity index (χ0n) is 9.01. The van der Waals surface area contributed by atoms with Gasteiger partial charge in [0.25, 0.3) is 0 Å². The van der Waals surface area contributed by atoms with Crippen molar-refractivity contribution in [2.45, 2.75) is 11.3 Å². The number of thiazole rings is 1. The molecule has 0 radical (unpaired) electrons. The summed E-state index contributed by atoms with van der Waals surface area (Å²) in [6, 6.07) is 8.16. The van der Waals surface area contributed by atoms with Gasteiger partial charge in [-0.15, -0.1) is 11.3 Å². The second kappa shape index (κ2) is 5.48. The Kier molecular flexibility index (Phi) is 3.98. The molecule has 2 aromatic rings. The zero-order valence-corrected chi connectivity index (χ0v) is 10.6. The number of hydrogen-bond donors (Lipinski definition) is 1. The lowest BCUT2D eigenvalue weighted by Crippen LogP contribution is -1.84. The van der Waals surface area contributed by atoms with Gasteiger partial charge in [0.05, 0.1) is 16.8 Å². The van der Waals surface area contributed by atoms with Crippen LogP contribution in [0.2, 0.25) is 0 Å². The zero-order chi connectivity index (χ0) is 11.4. The Bertz CT molecular complexity index is 471. The summed E-state index contributed by atoms with van der Waals surface area (Å²) in [5.74, 6) is 0.867. The maximum Gasteiger partial charge on any atom is 0.151 e. The maximum absolute atomic E-state index is 8.86. The molecule has 2 rings (SSSR count). The van der Waals surface area contributed by atoms with Crippen LogP contribution >= 0.6 is 23.1 Å². The van der Waals surface area contributed by atoms with Crippen LogP contribution in [0.25, 0.3) is 10.2 Å². The molecule has 1 heterocycles. The molecule has 0 aliphatic carbocycles. The number of rotatable bonds is 4. The van der Waals surface area contributed by atoms with E-state index in [1.54, 1.807) is 23.1 Å². The molecule has 1 N–H and O–H groups in total. The Morgan fingerprint density at radius 3 is 3.06 bits per heavy atom. The third-order valence-corrected chi connectivity index (χ3v) is 4.27. The highest BCUT2D eigenvalue weighted by Gasteiger charge is 2.02. The van der Waals surface area contributed by atoms with Crippen LogP contribution in [0.5, 0.6) is 0 Å². The van der Waals surface area contributed by atoms with Gasteiger partial charge in [0.15, 0.2) is 4.34 Å². The summed E-state index contributed by atoms with van der Waals surface area (Å²) in [5, 5.41) is 8.86. The number of aliphatic hydroxyl groups excluding tert-OH is 1. The SMILES string of the molecule is CC(=CCSc1nc2ccccc2s1)CO. The van der Waals surface area contributed by atoms with Gasteiger partial charge in [0.1, 0.15) is 0 Å². The van der Waals surface area contributed by atoms with Gasteiger partial charge in [-0.25, -0.2) is 4.98 Å². The molecule has 0 saturated carbocycles. The first-order chi connectivity index (χ1) is 7.79.